The summed E-state index contributed by atoms with van der Waals surface area (Å²) >= 11 is 1.58. The molecule has 2 N–H and O–H groups in total. The summed E-state index contributed by atoms with van der Waals surface area (Å²) in [5.74, 6) is 1.64. The van der Waals surface area contributed by atoms with Crippen molar-refractivity contribution in [1.82, 2.24) is 29.8 Å². The van der Waals surface area contributed by atoms with Gasteiger partial charge in [0.25, 0.3) is 0 Å². The van der Waals surface area contributed by atoms with Crippen molar-refractivity contribution in [3.8, 4) is 0 Å². The van der Waals surface area contributed by atoms with Crippen molar-refractivity contribution in [2.45, 2.75) is 26.2 Å². The van der Waals surface area contributed by atoms with Crippen molar-refractivity contribution in [1.29, 1.82) is 0 Å². The van der Waals surface area contributed by atoms with Gasteiger partial charge in [0.15, 0.2) is 5.13 Å². The van der Waals surface area contributed by atoms with Crippen LogP contribution in [0.1, 0.15) is 34.4 Å². The van der Waals surface area contributed by atoms with Gasteiger partial charge in [0.1, 0.15) is 11.6 Å². The standard InChI is InChI=1S/C19H21N7OS/c1-12-8-21-19(28-12)25-17-7-16(23-13(2)24-17)14-5-6-26(10-14)18(27)4-3-15-9-20-11-22-15/h3-4,7-9,11,14H,5-6,10H2,1-2H3,(H,20,22)(H,21,23,24,25)/b4-3+/t14-/m0/s1. The SMILES string of the molecule is Cc1nc(Nc2ncc(C)s2)cc([C@H]2CCN(C(=O)/C=C/c3cnc[nH]3)C2)n1. The highest BCUT2D eigenvalue weighted by atomic mass is 32.1. The highest BCUT2D eigenvalue weighted by Crippen LogP contribution is 2.28. The molecule has 0 bridgehead atoms. The van der Waals surface area contributed by atoms with E-state index in [2.05, 4.69) is 30.2 Å². The Bertz CT molecular complexity index is 996. The molecule has 144 valence electrons. The number of likely N-dealkylation sites (tertiary alicyclic amines) is 1. The summed E-state index contributed by atoms with van der Waals surface area (Å²) < 4.78 is 0. The maximum Gasteiger partial charge on any atom is 0.246 e. The van der Waals surface area contributed by atoms with Crippen LogP contribution < -0.4 is 5.32 Å². The van der Waals surface area contributed by atoms with Crippen molar-refractivity contribution in [2.75, 3.05) is 18.4 Å². The number of imidazole rings is 1. The lowest BCUT2D eigenvalue weighted by atomic mass is 10.0. The van der Waals surface area contributed by atoms with E-state index in [0.717, 1.165) is 33.6 Å². The van der Waals surface area contributed by atoms with Crippen LogP contribution in [0.5, 0.6) is 0 Å². The minimum Gasteiger partial charge on any atom is -0.345 e. The molecule has 8 nitrogen and oxygen atoms in total. The first-order valence-corrected chi connectivity index (χ1v) is 9.89. The molecule has 0 unspecified atom stereocenters. The third kappa shape index (κ3) is 4.25. The molecule has 0 radical (unpaired) electrons. The molecule has 0 saturated carbocycles. The Hall–Kier alpha value is -3.07. The van der Waals surface area contributed by atoms with Crippen molar-refractivity contribution < 1.29 is 4.79 Å². The maximum atomic E-state index is 12.4. The molecule has 4 heterocycles. The van der Waals surface area contributed by atoms with E-state index in [1.165, 1.54) is 0 Å². The van der Waals surface area contributed by atoms with Crippen LogP contribution in [0.3, 0.4) is 0 Å². The normalized spacial score (nSPS) is 16.8. The molecule has 3 aromatic heterocycles. The molecule has 1 amide bonds. The topological polar surface area (TPSA) is 99.7 Å². The summed E-state index contributed by atoms with van der Waals surface area (Å²) in [4.78, 5) is 35.7. The van der Waals surface area contributed by atoms with E-state index in [4.69, 9.17) is 0 Å². The first-order chi connectivity index (χ1) is 13.6. The van der Waals surface area contributed by atoms with Gasteiger partial charge in [-0.1, -0.05) is 0 Å². The third-order valence-electron chi connectivity index (χ3n) is 4.56. The van der Waals surface area contributed by atoms with Gasteiger partial charge in [-0.05, 0) is 26.3 Å². The van der Waals surface area contributed by atoms with Crippen LogP contribution in [0, 0.1) is 13.8 Å². The predicted molar refractivity (Wildman–Crippen MR) is 108 cm³/mol. The van der Waals surface area contributed by atoms with Gasteiger partial charge in [-0.2, -0.15) is 0 Å². The van der Waals surface area contributed by atoms with Gasteiger partial charge in [0, 0.05) is 42.2 Å². The largest absolute Gasteiger partial charge is 0.345 e. The zero-order chi connectivity index (χ0) is 19.5. The first kappa shape index (κ1) is 18.3. The summed E-state index contributed by atoms with van der Waals surface area (Å²) in [6.45, 7) is 5.27. The molecule has 1 atom stereocenters. The number of aryl methyl sites for hydroxylation is 2. The number of rotatable bonds is 5. The highest BCUT2D eigenvalue weighted by molar-refractivity contribution is 7.15. The molecule has 0 aromatic carbocycles. The van der Waals surface area contributed by atoms with Gasteiger partial charge in [-0.3, -0.25) is 4.79 Å². The van der Waals surface area contributed by atoms with E-state index in [1.54, 1.807) is 36.0 Å². The Labute approximate surface area is 166 Å². The minimum absolute atomic E-state index is 0.000475. The summed E-state index contributed by atoms with van der Waals surface area (Å²) in [7, 11) is 0. The smallest absolute Gasteiger partial charge is 0.246 e. The number of hydrogen-bond donors (Lipinski definition) is 2. The Balaban J connectivity index is 1.44. The van der Waals surface area contributed by atoms with E-state index in [0.29, 0.717) is 18.9 Å². The Morgan fingerprint density at radius 2 is 2.25 bits per heavy atom. The molecule has 4 rings (SSSR count). The third-order valence-corrected chi connectivity index (χ3v) is 5.39. The van der Waals surface area contributed by atoms with E-state index >= 15 is 0 Å². The van der Waals surface area contributed by atoms with Crippen molar-refractivity contribution in [3.63, 3.8) is 0 Å². The number of aromatic nitrogens is 5. The molecule has 3 aromatic rings. The van der Waals surface area contributed by atoms with Crippen LogP contribution in [-0.2, 0) is 4.79 Å². The molecule has 1 saturated heterocycles. The van der Waals surface area contributed by atoms with Gasteiger partial charge in [0.2, 0.25) is 5.91 Å². The average Bonchev–Trinajstić information content (AvgIpc) is 3.41. The average molecular weight is 395 g/mol. The van der Waals surface area contributed by atoms with Crippen LogP contribution in [0.25, 0.3) is 6.08 Å². The van der Waals surface area contributed by atoms with Crippen molar-refractivity contribution >= 4 is 34.3 Å². The zero-order valence-electron chi connectivity index (χ0n) is 15.7. The maximum absolute atomic E-state index is 12.4. The molecule has 28 heavy (non-hydrogen) atoms. The summed E-state index contributed by atoms with van der Waals surface area (Å²) in [6.07, 6.45) is 9.31. The number of thiazole rings is 1. The van der Waals surface area contributed by atoms with E-state index < -0.39 is 0 Å². The summed E-state index contributed by atoms with van der Waals surface area (Å²) in [5, 5.41) is 4.07. The second-order valence-electron chi connectivity index (χ2n) is 6.74. The molecular formula is C19H21N7OS. The lowest BCUT2D eigenvalue weighted by Crippen LogP contribution is -2.26. The van der Waals surface area contributed by atoms with Crippen molar-refractivity contribution in [2.24, 2.45) is 0 Å². The Kier molecular flexibility index (Phi) is 5.16. The van der Waals surface area contributed by atoms with Gasteiger partial charge in [-0.15, -0.1) is 11.3 Å². The lowest BCUT2D eigenvalue weighted by Gasteiger charge is -2.15. The van der Waals surface area contributed by atoms with Crippen LogP contribution in [0.4, 0.5) is 10.9 Å². The molecule has 1 aliphatic rings. The van der Waals surface area contributed by atoms with Gasteiger partial charge < -0.3 is 15.2 Å². The monoisotopic (exact) mass is 395 g/mol. The molecule has 1 fully saturated rings. The Morgan fingerprint density at radius 3 is 3.00 bits per heavy atom. The fourth-order valence-electron chi connectivity index (χ4n) is 3.21. The van der Waals surface area contributed by atoms with Gasteiger partial charge in [-0.25, -0.2) is 19.9 Å². The summed E-state index contributed by atoms with van der Waals surface area (Å²) in [5.41, 5.74) is 1.76. The van der Waals surface area contributed by atoms with Crippen LogP contribution in [-0.4, -0.2) is 48.8 Å². The van der Waals surface area contributed by atoms with Crippen molar-refractivity contribution in [3.05, 3.63) is 53.0 Å². The number of amides is 1. The summed E-state index contributed by atoms with van der Waals surface area (Å²) in [6, 6.07) is 1.96. The molecule has 1 aliphatic heterocycles. The number of anilines is 2. The number of H-pyrrole nitrogens is 1. The molecule has 0 spiro atoms. The van der Waals surface area contributed by atoms with E-state index in [-0.39, 0.29) is 11.8 Å². The number of hydrogen-bond acceptors (Lipinski definition) is 7. The Morgan fingerprint density at radius 1 is 1.36 bits per heavy atom. The lowest BCUT2D eigenvalue weighted by molar-refractivity contribution is -0.124. The highest BCUT2D eigenvalue weighted by Gasteiger charge is 2.27. The second kappa shape index (κ2) is 7.89. The number of nitrogens with one attached hydrogen (secondary N) is 2. The van der Waals surface area contributed by atoms with Gasteiger partial charge >= 0.3 is 0 Å². The van der Waals surface area contributed by atoms with E-state index in [9.17, 15) is 4.79 Å². The quantitative estimate of drug-likeness (QED) is 0.644. The number of carbonyl (C=O) groups excluding carboxylic acids is 1. The second-order valence-corrected chi connectivity index (χ2v) is 7.97. The van der Waals surface area contributed by atoms with Crippen LogP contribution >= 0.6 is 11.3 Å². The minimum atomic E-state index is -0.000475. The first-order valence-electron chi connectivity index (χ1n) is 9.07. The van der Waals surface area contributed by atoms with Gasteiger partial charge in [0.05, 0.1) is 23.9 Å². The fourth-order valence-corrected chi connectivity index (χ4v) is 3.88. The molecular weight excluding hydrogens is 374 g/mol. The molecule has 0 aliphatic carbocycles. The zero-order valence-corrected chi connectivity index (χ0v) is 16.5. The predicted octanol–water partition coefficient (Wildman–Crippen LogP) is 3.05. The number of nitrogens with zero attached hydrogens (tertiary/aromatic N) is 5. The number of carbonyl (C=O) groups is 1. The fraction of sp³-hybridized carbons (Fsp3) is 0.316. The van der Waals surface area contributed by atoms with Crippen LogP contribution in [0.15, 0.2) is 30.9 Å². The number of aromatic amines is 1. The molecule has 9 heteroatoms. The van der Waals surface area contributed by atoms with Crippen LogP contribution in [0.2, 0.25) is 0 Å². The van der Waals surface area contributed by atoms with E-state index in [1.807, 2.05) is 31.0 Å².